The summed E-state index contributed by atoms with van der Waals surface area (Å²) in [5, 5.41) is 5.28. The lowest BCUT2D eigenvalue weighted by atomic mass is 10.2. The molecule has 1 atom stereocenters. The van der Waals surface area contributed by atoms with Gasteiger partial charge in [-0.2, -0.15) is 0 Å². The fourth-order valence-corrected chi connectivity index (χ4v) is 1.93. The van der Waals surface area contributed by atoms with Gasteiger partial charge in [0.25, 0.3) is 0 Å². The summed E-state index contributed by atoms with van der Waals surface area (Å²) in [7, 11) is -1.44. The Bertz CT molecular complexity index is 338. The molecule has 2 N–H and O–H groups in total. The Morgan fingerprint density at radius 2 is 2.33 bits per heavy atom. The molecule has 0 spiro atoms. The standard InChI is InChI=1S/C8H9NO2S/c9-12(10)7-3-1-2-6-4-5-11-8(6)7/h1-3H,4-5,9H2. The van der Waals surface area contributed by atoms with Gasteiger partial charge in [-0.1, -0.05) is 12.1 Å². The predicted octanol–water partition coefficient (Wildman–Crippen LogP) is 0.603. The highest BCUT2D eigenvalue weighted by Gasteiger charge is 2.17. The van der Waals surface area contributed by atoms with Crippen LogP contribution in [0.2, 0.25) is 0 Å². The molecule has 0 saturated carbocycles. The molecule has 1 aliphatic rings. The number of fused-ring (bicyclic) bond motifs is 1. The van der Waals surface area contributed by atoms with E-state index in [-0.39, 0.29) is 0 Å². The summed E-state index contributed by atoms with van der Waals surface area (Å²) in [6, 6.07) is 5.56. The van der Waals surface area contributed by atoms with Crippen LogP contribution in [0.1, 0.15) is 5.56 Å². The van der Waals surface area contributed by atoms with Crippen molar-refractivity contribution in [2.24, 2.45) is 5.14 Å². The maximum Gasteiger partial charge on any atom is 0.140 e. The highest BCUT2D eigenvalue weighted by molar-refractivity contribution is 7.82. The van der Waals surface area contributed by atoms with E-state index in [0.717, 1.165) is 17.7 Å². The summed E-state index contributed by atoms with van der Waals surface area (Å²) in [6.07, 6.45) is 0.889. The zero-order valence-electron chi connectivity index (χ0n) is 6.45. The summed E-state index contributed by atoms with van der Waals surface area (Å²) < 4.78 is 16.3. The van der Waals surface area contributed by atoms with E-state index >= 15 is 0 Å². The van der Waals surface area contributed by atoms with Gasteiger partial charge < -0.3 is 4.74 Å². The SMILES string of the molecule is NS(=O)c1cccc2c1OCC2. The molecule has 0 aliphatic carbocycles. The Balaban J connectivity index is 2.56. The van der Waals surface area contributed by atoms with E-state index in [1.807, 2.05) is 12.1 Å². The van der Waals surface area contributed by atoms with Crippen molar-refractivity contribution < 1.29 is 8.95 Å². The van der Waals surface area contributed by atoms with Crippen LogP contribution in [-0.2, 0) is 17.4 Å². The number of hydrogen-bond donors (Lipinski definition) is 1. The van der Waals surface area contributed by atoms with E-state index < -0.39 is 11.0 Å². The van der Waals surface area contributed by atoms with Crippen LogP contribution in [0.5, 0.6) is 5.75 Å². The second-order valence-corrected chi connectivity index (χ2v) is 3.67. The second kappa shape index (κ2) is 2.88. The van der Waals surface area contributed by atoms with Gasteiger partial charge in [-0.25, -0.2) is 9.35 Å². The number of nitrogens with two attached hydrogens (primary N) is 1. The van der Waals surface area contributed by atoms with Crippen LogP contribution in [0.25, 0.3) is 0 Å². The van der Waals surface area contributed by atoms with Crippen molar-refractivity contribution >= 4 is 11.0 Å². The van der Waals surface area contributed by atoms with Gasteiger partial charge in [0.1, 0.15) is 16.7 Å². The zero-order valence-corrected chi connectivity index (χ0v) is 7.26. The third kappa shape index (κ3) is 1.13. The fourth-order valence-electron chi connectivity index (χ4n) is 1.34. The number of para-hydroxylation sites is 1. The first-order valence-corrected chi connectivity index (χ1v) is 4.91. The summed E-state index contributed by atoms with van der Waals surface area (Å²) in [5.41, 5.74) is 1.10. The molecule has 2 rings (SSSR count). The van der Waals surface area contributed by atoms with Crippen molar-refractivity contribution in [3.8, 4) is 5.75 Å². The number of hydrogen-bond acceptors (Lipinski definition) is 2. The van der Waals surface area contributed by atoms with E-state index in [1.165, 1.54) is 0 Å². The Kier molecular flexibility index (Phi) is 1.86. The van der Waals surface area contributed by atoms with E-state index in [4.69, 9.17) is 9.88 Å². The van der Waals surface area contributed by atoms with Crippen LogP contribution < -0.4 is 9.88 Å². The third-order valence-corrected chi connectivity index (χ3v) is 2.65. The number of ether oxygens (including phenoxy) is 1. The molecule has 12 heavy (non-hydrogen) atoms. The molecular formula is C8H9NO2S. The molecule has 1 heterocycles. The van der Waals surface area contributed by atoms with Crippen molar-refractivity contribution in [1.29, 1.82) is 0 Å². The molecule has 1 aromatic rings. The Hall–Kier alpha value is -0.870. The van der Waals surface area contributed by atoms with Crippen molar-refractivity contribution in [1.82, 2.24) is 0 Å². The van der Waals surface area contributed by atoms with Crippen LogP contribution in [0.4, 0.5) is 0 Å². The lowest BCUT2D eigenvalue weighted by Gasteiger charge is -2.03. The molecule has 0 saturated heterocycles. The maximum atomic E-state index is 11.0. The van der Waals surface area contributed by atoms with Crippen LogP contribution in [0.15, 0.2) is 23.1 Å². The Morgan fingerprint density at radius 1 is 1.50 bits per heavy atom. The van der Waals surface area contributed by atoms with E-state index in [1.54, 1.807) is 6.07 Å². The molecule has 0 fully saturated rings. The van der Waals surface area contributed by atoms with Gasteiger partial charge in [-0.15, -0.1) is 0 Å². The number of rotatable bonds is 1. The molecule has 0 amide bonds. The summed E-state index contributed by atoms with van der Waals surface area (Å²) >= 11 is 0. The normalized spacial score (nSPS) is 16.8. The molecule has 4 heteroatoms. The Morgan fingerprint density at radius 3 is 3.08 bits per heavy atom. The highest BCUT2D eigenvalue weighted by Crippen LogP contribution is 2.30. The van der Waals surface area contributed by atoms with Gasteiger partial charge in [0.05, 0.1) is 11.5 Å². The smallest absolute Gasteiger partial charge is 0.140 e. The van der Waals surface area contributed by atoms with Gasteiger partial charge >= 0.3 is 0 Å². The predicted molar refractivity (Wildman–Crippen MR) is 46.2 cm³/mol. The average molecular weight is 183 g/mol. The summed E-state index contributed by atoms with van der Waals surface area (Å²) in [5.74, 6) is 0.721. The molecule has 1 unspecified atom stereocenters. The van der Waals surface area contributed by atoms with E-state index in [9.17, 15) is 4.21 Å². The van der Waals surface area contributed by atoms with Crippen molar-refractivity contribution in [3.63, 3.8) is 0 Å². The monoisotopic (exact) mass is 183 g/mol. The highest BCUT2D eigenvalue weighted by atomic mass is 32.2. The lowest BCUT2D eigenvalue weighted by molar-refractivity contribution is 0.349. The minimum absolute atomic E-state index is 0.602. The lowest BCUT2D eigenvalue weighted by Crippen LogP contribution is -2.04. The average Bonchev–Trinajstić information content (AvgIpc) is 2.49. The largest absolute Gasteiger partial charge is 0.492 e. The fraction of sp³-hybridized carbons (Fsp3) is 0.250. The Labute approximate surface area is 73.1 Å². The quantitative estimate of drug-likeness (QED) is 0.693. The molecule has 0 radical (unpaired) electrons. The van der Waals surface area contributed by atoms with Crippen molar-refractivity contribution in [2.45, 2.75) is 11.3 Å². The molecule has 0 aromatic heterocycles. The van der Waals surface area contributed by atoms with Crippen LogP contribution in [-0.4, -0.2) is 10.8 Å². The van der Waals surface area contributed by atoms with E-state index in [0.29, 0.717) is 11.5 Å². The van der Waals surface area contributed by atoms with Gasteiger partial charge in [-0.05, 0) is 11.6 Å². The topological polar surface area (TPSA) is 52.3 Å². The van der Waals surface area contributed by atoms with Crippen LogP contribution >= 0.6 is 0 Å². The molecule has 3 nitrogen and oxygen atoms in total. The van der Waals surface area contributed by atoms with Gasteiger partial charge in [-0.3, -0.25) is 0 Å². The van der Waals surface area contributed by atoms with E-state index in [2.05, 4.69) is 0 Å². The van der Waals surface area contributed by atoms with Gasteiger partial charge in [0.15, 0.2) is 0 Å². The third-order valence-electron chi connectivity index (χ3n) is 1.89. The summed E-state index contributed by atoms with van der Waals surface area (Å²) in [4.78, 5) is 0.602. The van der Waals surface area contributed by atoms with Gasteiger partial charge in [0.2, 0.25) is 0 Å². The molecule has 0 bridgehead atoms. The van der Waals surface area contributed by atoms with Crippen molar-refractivity contribution in [3.05, 3.63) is 23.8 Å². The minimum atomic E-state index is -1.44. The molecule has 1 aromatic carbocycles. The molecule has 1 aliphatic heterocycles. The molecular weight excluding hydrogens is 174 g/mol. The number of benzene rings is 1. The van der Waals surface area contributed by atoms with Crippen LogP contribution in [0.3, 0.4) is 0 Å². The first kappa shape index (κ1) is 7.76. The summed E-state index contributed by atoms with van der Waals surface area (Å²) in [6.45, 7) is 0.670. The van der Waals surface area contributed by atoms with Crippen molar-refractivity contribution in [2.75, 3.05) is 6.61 Å². The first-order chi connectivity index (χ1) is 5.79. The van der Waals surface area contributed by atoms with Gasteiger partial charge in [0, 0.05) is 6.42 Å². The first-order valence-electron chi connectivity index (χ1n) is 3.70. The zero-order chi connectivity index (χ0) is 8.55. The van der Waals surface area contributed by atoms with Crippen LogP contribution in [0, 0.1) is 0 Å². The minimum Gasteiger partial charge on any atom is -0.492 e. The molecule has 64 valence electrons. The maximum absolute atomic E-state index is 11.0. The second-order valence-electron chi connectivity index (χ2n) is 2.64.